The Morgan fingerprint density at radius 2 is 2.09 bits per heavy atom. The van der Waals surface area contributed by atoms with Gasteiger partial charge in [0.25, 0.3) is 0 Å². The summed E-state index contributed by atoms with van der Waals surface area (Å²) >= 11 is 2.70. The maximum atomic E-state index is 12.6. The normalized spacial score (nSPS) is 20.9. The van der Waals surface area contributed by atoms with Crippen LogP contribution in [0.2, 0.25) is 0 Å². The van der Waals surface area contributed by atoms with Gasteiger partial charge in [0.05, 0.1) is 14.2 Å². The molecule has 0 bridgehead atoms. The number of nitrogens with one attached hydrogen (secondary N) is 1. The van der Waals surface area contributed by atoms with E-state index in [9.17, 15) is 18.0 Å². The molecule has 0 aliphatic carbocycles. The van der Waals surface area contributed by atoms with Crippen LogP contribution in [0, 0.1) is 0 Å². The Labute approximate surface area is 142 Å². The standard InChI is InChI=1S/C13H15NO6S3/c1-19-11(15)7-14-23(17,18)13(12(16)20-2)6-10(22-8-13)9-4-3-5-21-9/h3-6,14H,7-8H2,1-2H3. The largest absolute Gasteiger partial charge is 0.468 e. The first-order valence-electron chi connectivity index (χ1n) is 6.40. The molecule has 0 radical (unpaired) electrons. The molecule has 0 amide bonds. The van der Waals surface area contributed by atoms with Crippen molar-refractivity contribution in [2.24, 2.45) is 0 Å². The van der Waals surface area contributed by atoms with E-state index in [1.54, 1.807) is 0 Å². The van der Waals surface area contributed by atoms with Crippen LogP contribution in [-0.4, -0.2) is 51.6 Å². The van der Waals surface area contributed by atoms with Gasteiger partial charge in [0.2, 0.25) is 14.8 Å². The average Bonchev–Trinajstić information content (AvgIpc) is 3.21. The molecule has 2 heterocycles. The minimum Gasteiger partial charge on any atom is -0.468 e. The van der Waals surface area contributed by atoms with Crippen LogP contribution in [0.3, 0.4) is 0 Å². The van der Waals surface area contributed by atoms with Gasteiger partial charge in [-0.15, -0.1) is 23.1 Å². The predicted octanol–water partition coefficient (Wildman–Crippen LogP) is 0.840. The Morgan fingerprint density at radius 3 is 2.65 bits per heavy atom. The van der Waals surface area contributed by atoms with E-state index in [2.05, 4.69) is 9.46 Å². The Hall–Kier alpha value is -1.36. The van der Waals surface area contributed by atoms with Gasteiger partial charge in [-0.1, -0.05) is 6.07 Å². The van der Waals surface area contributed by atoms with E-state index in [-0.39, 0.29) is 5.75 Å². The summed E-state index contributed by atoms with van der Waals surface area (Å²) in [6.45, 7) is -0.551. The van der Waals surface area contributed by atoms with E-state index >= 15 is 0 Å². The van der Waals surface area contributed by atoms with Crippen LogP contribution in [0.25, 0.3) is 4.91 Å². The van der Waals surface area contributed by atoms with Crippen molar-refractivity contribution in [1.82, 2.24) is 4.72 Å². The fraction of sp³-hybridized carbons (Fsp3) is 0.385. The summed E-state index contributed by atoms with van der Waals surface area (Å²) in [5.41, 5.74) is 0. The van der Waals surface area contributed by atoms with E-state index < -0.39 is 33.3 Å². The molecule has 0 aromatic carbocycles. The van der Waals surface area contributed by atoms with E-state index in [1.165, 1.54) is 29.2 Å². The van der Waals surface area contributed by atoms with Gasteiger partial charge in [-0.3, -0.25) is 4.79 Å². The minimum absolute atomic E-state index is 0.0244. The van der Waals surface area contributed by atoms with Crippen molar-refractivity contribution in [3.05, 3.63) is 28.5 Å². The SMILES string of the molecule is COC(=O)CNS(=O)(=O)C1(C(=O)OC)C=C(c2cccs2)SC1. The maximum absolute atomic E-state index is 12.6. The van der Waals surface area contributed by atoms with Crippen LogP contribution in [-0.2, 0) is 29.1 Å². The van der Waals surface area contributed by atoms with Crippen molar-refractivity contribution >= 4 is 50.0 Å². The van der Waals surface area contributed by atoms with Crippen molar-refractivity contribution in [2.45, 2.75) is 4.75 Å². The molecule has 1 aromatic heterocycles. The van der Waals surface area contributed by atoms with Gasteiger partial charge < -0.3 is 9.47 Å². The minimum atomic E-state index is -4.18. The monoisotopic (exact) mass is 377 g/mol. The molecular weight excluding hydrogens is 362 g/mol. The Bertz CT molecular complexity index is 725. The van der Waals surface area contributed by atoms with Gasteiger partial charge in [-0.25, -0.2) is 17.9 Å². The lowest BCUT2D eigenvalue weighted by molar-refractivity contribution is -0.142. The van der Waals surface area contributed by atoms with Crippen molar-refractivity contribution in [2.75, 3.05) is 26.5 Å². The van der Waals surface area contributed by atoms with Gasteiger partial charge in [0.1, 0.15) is 6.54 Å². The zero-order valence-corrected chi connectivity index (χ0v) is 14.8. The summed E-state index contributed by atoms with van der Waals surface area (Å²) in [5, 5.41) is 1.86. The second-order valence-corrected chi connectivity index (χ2v) is 8.55. The molecule has 0 saturated heterocycles. The fourth-order valence-electron chi connectivity index (χ4n) is 1.95. The van der Waals surface area contributed by atoms with Crippen LogP contribution in [0.5, 0.6) is 0 Å². The number of ether oxygens (including phenoxy) is 2. The number of sulfonamides is 1. The fourth-order valence-corrected chi connectivity index (χ4v) is 5.99. The highest BCUT2D eigenvalue weighted by atomic mass is 32.2. The topological polar surface area (TPSA) is 98.8 Å². The van der Waals surface area contributed by atoms with Crippen molar-refractivity contribution < 1.29 is 27.5 Å². The molecule has 0 fully saturated rings. The Kier molecular flexibility index (Phi) is 5.50. The molecule has 1 aliphatic heterocycles. The number of carbonyl (C=O) groups excluding carboxylic acids is 2. The van der Waals surface area contributed by atoms with Crippen LogP contribution < -0.4 is 4.72 Å². The smallest absolute Gasteiger partial charge is 0.333 e. The van der Waals surface area contributed by atoms with E-state index in [0.717, 1.165) is 19.1 Å². The predicted molar refractivity (Wildman–Crippen MR) is 88.4 cm³/mol. The van der Waals surface area contributed by atoms with Crippen LogP contribution in [0.1, 0.15) is 4.88 Å². The zero-order valence-electron chi connectivity index (χ0n) is 12.4. The van der Waals surface area contributed by atoms with Crippen molar-refractivity contribution in [1.29, 1.82) is 0 Å². The summed E-state index contributed by atoms with van der Waals surface area (Å²) in [4.78, 5) is 24.9. The lowest BCUT2D eigenvalue weighted by atomic mass is 10.1. The maximum Gasteiger partial charge on any atom is 0.333 e. The number of thioether (sulfide) groups is 1. The highest BCUT2D eigenvalue weighted by molar-refractivity contribution is 8.10. The summed E-state index contributed by atoms with van der Waals surface area (Å²) in [5.74, 6) is -1.67. The summed E-state index contributed by atoms with van der Waals surface area (Å²) in [6.07, 6.45) is 1.38. The van der Waals surface area contributed by atoms with Crippen LogP contribution in [0.4, 0.5) is 0 Å². The molecule has 0 spiro atoms. The number of methoxy groups -OCH3 is 2. The van der Waals surface area contributed by atoms with Crippen LogP contribution in [0.15, 0.2) is 23.6 Å². The quantitative estimate of drug-likeness (QED) is 0.734. The first-order valence-corrected chi connectivity index (χ1v) is 9.75. The molecule has 23 heavy (non-hydrogen) atoms. The lowest BCUT2D eigenvalue weighted by Crippen LogP contribution is -2.53. The molecule has 1 N–H and O–H groups in total. The molecule has 1 aromatic rings. The number of hydrogen-bond acceptors (Lipinski definition) is 8. The molecule has 126 valence electrons. The Morgan fingerprint density at radius 1 is 1.35 bits per heavy atom. The first-order chi connectivity index (χ1) is 10.9. The highest BCUT2D eigenvalue weighted by Crippen LogP contribution is 2.44. The summed E-state index contributed by atoms with van der Waals surface area (Å²) < 4.78 is 34.6. The van der Waals surface area contributed by atoms with Gasteiger partial charge >= 0.3 is 11.9 Å². The second kappa shape index (κ2) is 7.04. The average molecular weight is 377 g/mol. The second-order valence-electron chi connectivity index (χ2n) is 4.56. The van der Waals surface area contributed by atoms with E-state index in [0.29, 0.717) is 4.91 Å². The third-order valence-electron chi connectivity index (χ3n) is 3.22. The molecule has 7 nitrogen and oxygen atoms in total. The number of carbonyl (C=O) groups is 2. The summed E-state index contributed by atoms with van der Waals surface area (Å²) in [6, 6.07) is 3.68. The third kappa shape index (κ3) is 3.44. The molecular formula is C13H15NO6S3. The third-order valence-corrected chi connectivity index (χ3v) is 7.59. The van der Waals surface area contributed by atoms with E-state index in [4.69, 9.17) is 4.74 Å². The molecule has 2 rings (SSSR count). The van der Waals surface area contributed by atoms with Gasteiger partial charge in [-0.05, 0) is 17.5 Å². The highest BCUT2D eigenvalue weighted by Gasteiger charge is 2.53. The van der Waals surface area contributed by atoms with Crippen molar-refractivity contribution in [3.8, 4) is 0 Å². The lowest BCUT2D eigenvalue weighted by Gasteiger charge is -2.23. The van der Waals surface area contributed by atoms with Gasteiger partial charge in [-0.2, -0.15) is 0 Å². The molecule has 1 aliphatic rings. The summed E-state index contributed by atoms with van der Waals surface area (Å²) in [7, 11) is -1.91. The molecule has 1 unspecified atom stereocenters. The van der Waals surface area contributed by atoms with Crippen molar-refractivity contribution in [3.63, 3.8) is 0 Å². The van der Waals surface area contributed by atoms with E-state index in [1.807, 2.05) is 17.5 Å². The molecule has 10 heteroatoms. The Balaban J connectivity index is 2.38. The van der Waals surface area contributed by atoms with Gasteiger partial charge in [0, 0.05) is 15.5 Å². The number of thiophene rings is 1. The number of hydrogen-bond donors (Lipinski definition) is 1. The molecule has 0 saturated carbocycles. The zero-order chi connectivity index (χ0) is 17.1. The first kappa shape index (κ1) is 18.0. The number of rotatable bonds is 6. The molecule has 1 atom stereocenters. The van der Waals surface area contributed by atoms with Gasteiger partial charge in [0.15, 0.2) is 0 Å². The van der Waals surface area contributed by atoms with Crippen LogP contribution >= 0.6 is 23.1 Å². The number of esters is 2.